The van der Waals surface area contributed by atoms with Crippen LogP contribution in [-0.2, 0) is 4.74 Å². The van der Waals surface area contributed by atoms with Crippen LogP contribution in [0, 0.1) is 23.2 Å². The molecule has 1 spiro atoms. The molecule has 0 amide bonds. The molecule has 0 radical (unpaired) electrons. The molecule has 2 rings (SSSR count). The fourth-order valence-corrected chi connectivity index (χ4v) is 4.41. The summed E-state index contributed by atoms with van der Waals surface area (Å²) in [6.45, 7) is 14.3. The molecule has 1 heteroatoms. The highest BCUT2D eigenvalue weighted by atomic mass is 16.5. The minimum absolute atomic E-state index is 0.854. The van der Waals surface area contributed by atoms with Crippen molar-refractivity contribution in [1.82, 2.24) is 0 Å². The van der Waals surface area contributed by atoms with Gasteiger partial charge in [0.2, 0.25) is 0 Å². The molecule has 2 fully saturated rings. The van der Waals surface area contributed by atoms with E-state index >= 15 is 0 Å². The van der Waals surface area contributed by atoms with E-state index in [2.05, 4.69) is 27.7 Å². The zero-order chi connectivity index (χ0) is 18.4. The van der Waals surface area contributed by atoms with Crippen molar-refractivity contribution < 1.29 is 4.74 Å². The van der Waals surface area contributed by atoms with Crippen LogP contribution in [0.15, 0.2) is 0 Å². The summed E-state index contributed by atoms with van der Waals surface area (Å²) < 4.78 is 4.98. The molecule has 0 aromatic carbocycles. The van der Waals surface area contributed by atoms with Crippen LogP contribution in [0.25, 0.3) is 0 Å². The van der Waals surface area contributed by atoms with Gasteiger partial charge in [-0.2, -0.15) is 0 Å². The van der Waals surface area contributed by atoms with Gasteiger partial charge in [0, 0.05) is 13.7 Å². The molecular formula is C23H48O. The molecule has 0 aromatic heterocycles. The van der Waals surface area contributed by atoms with Crippen LogP contribution in [0.4, 0.5) is 0 Å². The Bertz CT molecular complexity index is 263. The first-order valence-corrected chi connectivity index (χ1v) is 11.1. The minimum Gasteiger partial charge on any atom is -0.385 e. The van der Waals surface area contributed by atoms with E-state index < -0.39 is 0 Å². The summed E-state index contributed by atoms with van der Waals surface area (Å²) >= 11 is 0. The zero-order valence-electron chi connectivity index (χ0n) is 18.1. The Balaban J connectivity index is 0.000000407. The third-order valence-corrected chi connectivity index (χ3v) is 6.45. The summed E-state index contributed by atoms with van der Waals surface area (Å²) in [5, 5.41) is 0. The predicted molar refractivity (Wildman–Crippen MR) is 110 cm³/mol. The van der Waals surface area contributed by atoms with Gasteiger partial charge in [-0.1, -0.05) is 73.6 Å². The van der Waals surface area contributed by atoms with E-state index in [1.807, 2.05) is 13.8 Å². The lowest BCUT2D eigenvalue weighted by atomic mass is 9.57. The number of hydrogen-bond donors (Lipinski definition) is 0. The third kappa shape index (κ3) is 8.88. The third-order valence-electron chi connectivity index (χ3n) is 6.45. The van der Waals surface area contributed by atoms with Crippen molar-refractivity contribution in [2.75, 3.05) is 13.7 Å². The van der Waals surface area contributed by atoms with Crippen LogP contribution in [0.1, 0.15) is 112 Å². The van der Waals surface area contributed by atoms with E-state index in [4.69, 9.17) is 4.74 Å². The van der Waals surface area contributed by atoms with Crippen molar-refractivity contribution in [3.8, 4) is 0 Å². The van der Waals surface area contributed by atoms with Crippen molar-refractivity contribution >= 4 is 0 Å². The first-order chi connectivity index (χ1) is 11.6. The van der Waals surface area contributed by atoms with Crippen molar-refractivity contribution in [1.29, 1.82) is 0 Å². The van der Waals surface area contributed by atoms with E-state index in [1.54, 1.807) is 32.8 Å². The van der Waals surface area contributed by atoms with Gasteiger partial charge in [-0.05, 0) is 61.7 Å². The lowest BCUT2D eigenvalue weighted by Crippen LogP contribution is -2.36. The molecular weight excluding hydrogens is 292 g/mol. The lowest BCUT2D eigenvalue weighted by Gasteiger charge is -2.48. The summed E-state index contributed by atoms with van der Waals surface area (Å²) in [6, 6.07) is 0. The zero-order valence-corrected chi connectivity index (χ0v) is 18.1. The Labute approximate surface area is 154 Å². The molecule has 1 nitrogen and oxygen atoms in total. The molecule has 0 aliphatic heterocycles. The maximum Gasteiger partial charge on any atom is 0.0462 e. The summed E-state index contributed by atoms with van der Waals surface area (Å²) in [4.78, 5) is 0. The average molecular weight is 341 g/mol. The van der Waals surface area contributed by atoms with Gasteiger partial charge in [-0.3, -0.25) is 0 Å². The smallest absolute Gasteiger partial charge is 0.0462 e. The van der Waals surface area contributed by atoms with E-state index in [0.717, 1.165) is 29.8 Å². The second-order valence-corrected chi connectivity index (χ2v) is 8.27. The topological polar surface area (TPSA) is 9.23 Å². The van der Waals surface area contributed by atoms with Gasteiger partial charge >= 0.3 is 0 Å². The fraction of sp³-hybridized carbons (Fsp3) is 1.00. The molecule has 24 heavy (non-hydrogen) atoms. The van der Waals surface area contributed by atoms with Gasteiger partial charge in [-0.25, -0.2) is 0 Å². The fourth-order valence-electron chi connectivity index (χ4n) is 4.41. The van der Waals surface area contributed by atoms with Gasteiger partial charge in [0.1, 0.15) is 0 Å². The van der Waals surface area contributed by atoms with Crippen molar-refractivity contribution in [3.05, 3.63) is 0 Å². The maximum atomic E-state index is 4.98. The summed E-state index contributed by atoms with van der Waals surface area (Å²) in [5.41, 5.74) is 0.854. The lowest BCUT2D eigenvalue weighted by molar-refractivity contribution is 0.0325. The average Bonchev–Trinajstić information content (AvgIpc) is 2.60. The molecule has 1 atom stereocenters. The number of rotatable bonds is 7. The Kier molecular flexibility index (Phi) is 14.1. The van der Waals surface area contributed by atoms with Crippen molar-refractivity contribution in [3.63, 3.8) is 0 Å². The number of ether oxygens (including phenoxy) is 1. The van der Waals surface area contributed by atoms with E-state index in [1.165, 1.54) is 44.9 Å². The van der Waals surface area contributed by atoms with Gasteiger partial charge in [0.15, 0.2) is 0 Å². The Hall–Kier alpha value is -0.0400. The van der Waals surface area contributed by atoms with E-state index in [0.29, 0.717) is 0 Å². The molecule has 0 saturated heterocycles. The monoisotopic (exact) mass is 340 g/mol. The second kappa shape index (κ2) is 14.2. The first kappa shape index (κ1) is 24.0. The van der Waals surface area contributed by atoms with Crippen molar-refractivity contribution in [2.45, 2.75) is 112 Å². The largest absolute Gasteiger partial charge is 0.385 e. The van der Waals surface area contributed by atoms with Crippen LogP contribution in [0.2, 0.25) is 0 Å². The van der Waals surface area contributed by atoms with E-state index in [9.17, 15) is 0 Å². The van der Waals surface area contributed by atoms with Gasteiger partial charge < -0.3 is 4.74 Å². The standard InChI is InChI=1S/C12H22.C9H20O.C2H6/c1-10(2)11-5-3-6-12(9-11)7-4-8-12;1-4-9(5-2)7-6-8-10-3;1-2/h10-11H,3-9H2,1-2H3;9H,4-8H2,1-3H3;1-2H3. The summed E-state index contributed by atoms with van der Waals surface area (Å²) in [7, 11) is 1.77. The highest BCUT2D eigenvalue weighted by molar-refractivity contribution is 4.92. The Morgan fingerprint density at radius 3 is 2.00 bits per heavy atom. The number of methoxy groups -OCH3 is 1. The summed E-state index contributed by atoms with van der Waals surface area (Å²) in [6.07, 6.45) is 16.0. The maximum absolute atomic E-state index is 4.98. The summed E-state index contributed by atoms with van der Waals surface area (Å²) in [5.74, 6) is 2.91. The molecule has 2 saturated carbocycles. The highest BCUT2D eigenvalue weighted by Crippen LogP contribution is 2.54. The highest BCUT2D eigenvalue weighted by Gasteiger charge is 2.41. The van der Waals surface area contributed by atoms with Crippen LogP contribution < -0.4 is 0 Å². The Morgan fingerprint density at radius 1 is 1.00 bits per heavy atom. The molecule has 0 bridgehead atoms. The second-order valence-electron chi connectivity index (χ2n) is 8.27. The minimum atomic E-state index is 0.854. The van der Waals surface area contributed by atoms with Gasteiger partial charge in [0.25, 0.3) is 0 Å². The van der Waals surface area contributed by atoms with Crippen molar-refractivity contribution in [2.24, 2.45) is 23.2 Å². The van der Waals surface area contributed by atoms with Crippen LogP contribution in [0.5, 0.6) is 0 Å². The van der Waals surface area contributed by atoms with E-state index in [-0.39, 0.29) is 0 Å². The predicted octanol–water partition coefficient (Wildman–Crippen LogP) is 7.88. The van der Waals surface area contributed by atoms with Crippen LogP contribution >= 0.6 is 0 Å². The number of hydrogen-bond acceptors (Lipinski definition) is 1. The van der Waals surface area contributed by atoms with Crippen LogP contribution in [0.3, 0.4) is 0 Å². The quantitative estimate of drug-likeness (QED) is 0.428. The van der Waals surface area contributed by atoms with Crippen LogP contribution in [-0.4, -0.2) is 13.7 Å². The molecule has 2 aliphatic rings. The molecule has 1 unspecified atom stereocenters. The Morgan fingerprint density at radius 2 is 1.58 bits per heavy atom. The molecule has 0 heterocycles. The molecule has 146 valence electrons. The normalized spacial score (nSPS) is 21.6. The molecule has 0 N–H and O–H groups in total. The molecule has 2 aliphatic carbocycles. The van der Waals surface area contributed by atoms with Gasteiger partial charge in [0.05, 0.1) is 0 Å². The first-order valence-electron chi connectivity index (χ1n) is 11.1. The SMILES string of the molecule is CC.CC(C)C1CCCC2(CCC2)C1.CCC(CC)CCCOC. The molecule has 0 aromatic rings. The van der Waals surface area contributed by atoms with Gasteiger partial charge in [-0.15, -0.1) is 0 Å².